The Morgan fingerprint density at radius 3 is 2.71 bits per heavy atom. The molecule has 1 N–H and O–H groups in total. The molecular formula is C11H10ClN3OS. The van der Waals surface area contributed by atoms with Crippen LogP contribution >= 0.6 is 23.4 Å². The third kappa shape index (κ3) is 3.31. The molecule has 1 unspecified atom stereocenters. The maximum Gasteiger partial charge on any atom is 0.239 e. The summed E-state index contributed by atoms with van der Waals surface area (Å²) in [5.41, 5.74) is 0.904. The van der Waals surface area contributed by atoms with E-state index in [-0.39, 0.29) is 11.2 Å². The van der Waals surface area contributed by atoms with Gasteiger partial charge in [-0.25, -0.2) is 0 Å². The second-order valence-corrected chi connectivity index (χ2v) is 5.22. The number of hydrogen-bond acceptors (Lipinski definition) is 4. The van der Waals surface area contributed by atoms with Gasteiger partial charge in [-0.3, -0.25) is 4.79 Å². The summed E-state index contributed by atoms with van der Waals surface area (Å²) in [6.45, 7) is 1.82. The van der Waals surface area contributed by atoms with Gasteiger partial charge in [0.15, 0.2) is 5.17 Å². The van der Waals surface area contributed by atoms with Crippen molar-refractivity contribution in [2.24, 2.45) is 10.2 Å². The maximum atomic E-state index is 11.2. The zero-order chi connectivity index (χ0) is 12.3. The Balaban J connectivity index is 2.00. The van der Waals surface area contributed by atoms with Crippen LogP contribution in [0.5, 0.6) is 0 Å². The Kier molecular flexibility index (Phi) is 3.81. The molecule has 1 aliphatic rings. The molecule has 6 heteroatoms. The summed E-state index contributed by atoms with van der Waals surface area (Å²) >= 11 is 7.12. The van der Waals surface area contributed by atoms with Gasteiger partial charge in [-0.15, -0.1) is 5.10 Å². The number of amides is 1. The van der Waals surface area contributed by atoms with Crippen LogP contribution in [0.3, 0.4) is 0 Å². The normalized spacial score (nSPS) is 22.4. The van der Waals surface area contributed by atoms with Crippen molar-refractivity contribution in [3.8, 4) is 0 Å². The van der Waals surface area contributed by atoms with Crippen molar-refractivity contribution >= 4 is 40.7 Å². The smallest absolute Gasteiger partial charge is 0.239 e. The van der Waals surface area contributed by atoms with Gasteiger partial charge in [0.25, 0.3) is 0 Å². The minimum atomic E-state index is -0.0977. The molecule has 0 aromatic heterocycles. The largest absolute Gasteiger partial charge is 0.303 e. The van der Waals surface area contributed by atoms with Crippen LogP contribution in [0.2, 0.25) is 5.02 Å². The van der Waals surface area contributed by atoms with Gasteiger partial charge in [-0.05, 0) is 24.6 Å². The number of nitrogens with one attached hydrogen (secondary N) is 1. The molecule has 0 spiro atoms. The standard InChI is InChI=1S/C11H10ClN3OS/c1-7-10(16)14-11(17-7)15-13-6-8-2-4-9(12)5-3-8/h2-7H,1H3,(H,14,15,16)/b13-6-. The molecule has 88 valence electrons. The first kappa shape index (κ1) is 12.1. The zero-order valence-electron chi connectivity index (χ0n) is 9.05. The summed E-state index contributed by atoms with van der Waals surface area (Å²) in [6.07, 6.45) is 1.61. The summed E-state index contributed by atoms with van der Waals surface area (Å²) in [7, 11) is 0. The molecule has 1 atom stereocenters. The van der Waals surface area contributed by atoms with E-state index in [0.717, 1.165) is 5.56 Å². The van der Waals surface area contributed by atoms with E-state index >= 15 is 0 Å². The molecule has 1 heterocycles. The molecule has 1 aromatic rings. The first-order valence-electron chi connectivity index (χ1n) is 4.99. The Morgan fingerprint density at radius 2 is 2.12 bits per heavy atom. The molecule has 1 amide bonds. The van der Waals surface area contributed by atoms with Gasteiger partial charge >= 0.3 is 0 Å². The van der Waals surface area contributed by atoms with Gasteiger partial charge in [-0.2, -0.15) is 5.10 Å². The Labute approximate surface area is 108 Å². The molecule has 0 aliphatic carbocycles. The maximum absolute atomic E-state index is 11.2. The van der Waals surface area contributed by atoms with Crippen molar-refractivity contribution in [3.05, 3.63) is 34.9 Å². The molecule has 0 saturated carbocycles. The molecule has 0 radical (unpaired) electrons. The summed E-state index contributed by atoms with van der Waals surface area (Å²) in [6, 6.07) is 7.25. The summed E-state index contributed by atoms with van der Waals surface area (Å²) < 4.78 is 0. The molecule has 2 rings (SSSR count). The van der Waals surface area contributed by atoms with Crippen molar-refractivity contribution in [1.29, 1.82) is 0 Å². The first-order chi connectivity index (χ1) is 8.15. The highest BCUT2D eigenvalue weighted by Gasteiger charge is 2.25. The summed E-state index contributed by atoms with van der Waals surface area (Å²) in [4.78, 5) is 11.2. The quantitative estimate of drug-likeness (QED) is 0.660. The lowest BCUT2D eigenvalue weighted by molar-refractivity contribution is -0.118. The van der Waals surface area contributed by atoms with Gasteiger partial charge in [0.05, 0.1) is 11.5 Å². The highest BCUT2D eigenvalue weighted by Crippen LogP contribution is 2.18. The van der Waals surface area contributed by atoms with Crippen LogP contribution < -0.4 is 5.32 Å². The lowest BCUT2D eigenvalue weighted by Gasteiger charge is -1.92. The molecule has 1 fully saturated rings. The second-order valence-electron chi connectivity index (χ2n) is 3.45. The molecule has 1 aromatic carbocycles. The molecular weight excluding hydrogens is 258 g/mol. The third-order valence-electron chi connectivity index (χ3n) is 2.11. The average molecular weight is 268 g/mol. The SMILES string of the molecule is CC1S/C(=N/N=C\c2ccc(Cl)cc2)NC1=O. The molecule has 1 saturated heterocycles. The van der Waals surface area contributed by atoms with E-state index in [0.29, 0.717) is 10.2 Å². The Morgan fingerprint density at radius 1 is 1.41 bits per heavy atom. The highest BCUT2D eigenvalue weighted by atomic mass is 35.5. The number of hydrogen-bond donors (Lipinski definition) is 1. The van der Waals surface area contributed by atoms with Gasteiger partial charge in [0.2, 0.25) is 5.91 Å². The first-order valence-corrected chi connectivity index (χ1v) is 6.25. The van der Waals surface area contributed by atoms with E-state index in [9.17, 15) is 4.79 Å². The van der Waals surface area contributed by atoms with Crippen molar-refractivity contribution < 1.29 is 4.79 Å². The number of nitrogens with zero attached hydrogens (tertiary/aromatic N) is 2. The predicted octanol–water partition coefficient (Wildman–Crippen LogP) is 2.28. The monoisotopic (exact) mass is 267 g/mol. The molecule has 4 nitrogen and oxygen atoms in total. The molecule has 1 aliphatic heterocycles. The van der Waals surface area contributed by atoms with Crippen LogP contribution in [0.25, 0.3) is 0 Å². The summed E-state index contributed by atoms with van der Waals surface area (Å²) in [5.74, 6) is -0.0320. The lowest BCUT2D eigenvalue weighted by Crippen LogP contribution is -2.23. The number of benzene rings is 1. The fourth-order valence-electron chi connectivity index (χ4n) is 1.20. The minimum absolute atomic E-state index is 0.0320. The fourth-order valence-corrected chi connectivity index (χ4v) is 2.08. The topological polar surface area (TPSA) is 53.8 Å². The number of carbonyl (C=O) groups excluding carboxylic acids is 1. The third-order valence-corrected chi connectivity index (χ3v) is 3.34. The van der Waals surface area contributed by atoms with E-state index in [1.807, 2.05) is 19.1 Å². The average Bonchev–Trinajstić information content (AvgIpc) is 2.61. The predicted molar refractivity (Wildman–Crippen MR) is 71.7 cm³/mol. The van der Waals surface area contributed by atoms with Crippen molar-refractivity contribution in [2.45, 2.75) is 12.2 Å². The van der Waals surface area contributed by atoms with Crippen molar-refractivity contribution in [3.63, 3.8) is 0 Å². The number of carbonyl (C=O) groups is 1. The van der Waals surface area contributed by atoms with Crippen LogP contribution in [0.4, 0.5) is 0 Å². The van der Waals surface area contributed by atoms with Crippen LogP contribution in [-0.2, 0) is 4.79 Å². The van der Waals surface area contributed by atoms with Crippen LogP contribution in [0.15, 0.2) is 34.5 Å². The van der Waals surface area contributed by atoms with Crippen LogP contribution in [0.1, 0.15) is 12.5 Å². The summed E-state index contributed by atoms with van der Waals surface area (Å²) in [5, 5.41) is 11.6. The number of halogens is 1. The lowest BCUT2D eigenvalue weighted by atomic mass is 10.2. The highest BCUT2D eigenvalue weighted by molar-refractivity contribution is 8.15. The van der Waals surface area contributed by atoms with Gasteiger partial charge in [0, 0.05) is 5.02 Å². The number of rotatable bonds is 2. The van der Waals surface area contributed by atoms with Gasteiger partial charge in [0.1, 0.15) is 0 Å². The van der Waals surface area contributed by atoms with Gasteiger partial charge in [-0.1, -0.05) is 35.5 Å². The molecule has 17 heavy (non-hydrogen) atoms. The number of amidine groups is 1. The minimum Gasteiger partial charge on any atom is -0.303 e. The Bertz CT molecular complexity index is 484. The van der Waals surface area contributed by atoms with E-state index in [1.54, 1.807) is 18.3 Å². The van der Waals surface area contributed by atoms with Crippen LogP contribution in [0, 0.1) is 0 Å². The number of thioether (sulfide) groups is 1. The van der Waals surface area contributed by atoms with E-state index in [4.69, 9.17) is 11.6 Å². The van der Waals surface area contributed by atoms with Gasteiger partial charge < -0.3 is 5.32 Å². The second kappa shape index (κ2) is 5.33. The fraction of sp³-hybridized carbons (Fsp3) is 0.182. The van der Waals surface area contributed by atoms with Crippen molar-refractivity contribution in [1.82, 2.24) is 5.32 Å². The Hall–Kier alpha value is -1.33. The van der Waals surface area contributed by atoms with E-state index in [1.165, 1.54) is 11.8 Å². The molecule has 0 bridgehead atoms. The van der Waals surface area contributed by atoms with E-state index < -0.39 is 0 Å². The van der Waals surface area contributed by atoms with Crippen LogP contribution in [-0.4, -0.2) is 22.5 Å². The van der Waals surface area contributed by atoms with E-state index in [2.05, 4.69) is 15.5 Å². The zero-order valence-corrected chi connectivity index (χ0v) is 10.6. The van der Waals surface area contributed by atoms with Crippen molar-refractivity contribution in [2.75, 3.05) is 0 Å².